The highest BCUT2D eigenvalue weighted by Gasteiger charge is 2.54. The minimum Gasteiger partial charge on any atom is -0.493 e. The van der Waals surface area contributed by atoms with E-state index in [1.165, 1.54) is 29.8 Å². The highest BCUT2D eigenvalue weighted by Crippen LogP contribution is 2.38. The van der Waals surface area contributed by atoms with Gasteiger partial charge in [-0.25, -0.2) is 18.6 Å². The van der Waals surface area contributed by atoms with Crippen molar-refractivity contribution in [3.05, 3.63) is 65.7 Å². The zero-order valence-electron chi connectivity index (χ0n) is 23.6. The Kier molecular flexibility index (Phi) is 8.78. The van der Waals surface area contributed by atoms with Crippen LogP contribution in [0.3, 0.4) is 0 Å². The number of nitrogens with two attached hydrogens (primary N) is 1. The van der Waals surface area contributed by atoms with E-state index < -0.39 is 46.6 Å². The van der Waals surface area contributed by atoms with E-state index in [4.69, 9.17) is 15.2 Å². The maximum Gasteiger partial charge on any atom is 0.405 e. The van der Waals surface area contributed by atoms with Gasteiger partial charge in [-0.1, -0.05) is 30.3 Å². The SMILES string of the molecule is CN1N=C2CCN(C(=O)C(CCOc3ccc(F)c(F)c3)NC(=O)C(C)(C)OC(N)=O)C[C@@]2(Cc2ccccc2)C1=O. The Morgan fingerprint density at radius 2 is 1.86 bits per heavy atom. The molecule has 2 aliphatic heterocycles. The monoisotopic (exact) mass is 585 g/mol. The molecule has 13 heteroatoms. The summed E-state index contributed by atoms with van der Waals surface area (Å²) in [5.74, 6) is -3.63. The predicted molar refractivity (Wildman–Crippen MR) is 147 cm³/mol. The van der Waals surface area contributed by atoms with Crippen molar-refractivity contribution in [2.24, 2.45) is 16.3 Å². The fraction of sp³-hybridized carbons (Fsp3) is 0.414. The Bertz CT molecular complexity index is 1400. The summed E-state index contributed by atoms with van der Waals surface area (Å²) >= 11 is 0. The summed E-state index contributed by atoms with van der Waals surface area (Å²) < 4.78 is 37.4. The second kappa shape index (κ2) is 12.1. The molecule has 1 fully saturated rings. The average Bonchev–Trinajstić information content (AvgIpc) is 3.18. The van der Waals surface area contributed by atoms with Crippen molar-refractivity contribution in [1.29, 1.82) is 0 Å². The van der Waals surface area contributed by atoms with Crippen molar-refractivity contribution >= 4 is 29.5 Å². The van der Waals surface area contributed by atoms with E-state index in [2.05, 4.69) is 10.4 Å². The molecule has 1 unspecified atom stereocenters. The maximum atomic E-state index is 13.9. The van der Waals surface area contributed by atoms with Gasteiger partial charge in [-0.2, -0.15) is 5.10 Å². The number of ether oxygens (including phenoxy) is 2. The van der Waals surface area contributed by atoms with Gasteiger partial charge >= 0.3 is 6.09 Å². The van der Waals surface area contributed by atoms with Crippen molar-refractivity contribution in [1.82, 2.24) is 15.2 Å². The highest BCUT2D eigenvalue weighted by atomic mass is 19.2. The first-order chi connectivity index (χ1) is 19.8. The Morgan fingerprint density at radius 3 is 2.52 bits per heavy atom. The molecule has 2 aromatic carbocycles. The van der Waals surface area contributed by atoms with Gasteiger partial charge in [0, 0.05) is 39.0 Å². The molecule has 0 radical (unpaired) electrons. The summed E-state index contributed by atoms with van der Waals surface area (Å²) in [7, 11) is 1.58. The second-order valence-electron chi connectivity index (χ2n) is 10.8. The minimum atomic E-state index is -1.70. The number of piperidine rings is 1. The second-order valence-corrected chi connectivity index (χ2v) is 10.8. The van der Waals surface area contributed by atoms with Gasteiger partial charge in [0.05, 0.1) is 12.3 Å². The number of nitrogens with one attached hydrogen (secondary N) is 1. The van der Waals surface area contributed by atoms with Crippen molar-refractivity contribution in [2.45, 2.75) is 44.8 Å². The normalized spacial score (nSPS) is 19.1. The molecule has 4 amide bonds. The number of fused-ring (bicyclic) bond motifs is 1. The molecule has 0 spiro atoms. The molecule has 224 valence electrons. The van der Waals surface area contributed by atoms with Crippen LogP contribution >= 0.6 is 0 Å². The van der Waals surface area contributed by atoms with Crippen LogP contribution in [-0.4, -0.2) is 77.8 Å². The standard InChI is InChI=1S/C29H33F2N5O6/c1-28(2,42-27(32)40)25(38)33-22(12-14-41-19-9-10-20(30)21(31)15-19)24(37)36-13-11-23-29(17-36,26(39)35(3)34-23)16-18-7-5-4-6-8-18/h4-10,15,22H,11-14,16-17H2,1-3H3,(H2,32,40)(H,33,38)/t22?,29-/m1/s1. The molecular weight excluding hydrogens is 552 g/mol. The van der Waals surface area contributed by atoms with E-state index in [0.29, 0.717) is 18.6 Å². The summed E-state index contributed by atoms with van der Waals surface area (Å²) in [4.78, 5) is 53.3. The fourth-order valence-corrected chi connectivity index (χ4v) is 5.18. The fourth-order valence-electron chi connectivity index (χ4n) is 5.18. The molecule has 0 aliphatic carbocycles. The molecule has 3 N–H and O–H groups in total. The molecule has 1 saturated heterocycles. The van der Waals surface area contributed by atoms with Gasteiger partial charge in [0.2, 0.25) is 5.91 Å². The number of carbonyl (C=O) groups is 4. The lowest BCUT2D eigenvalue weighted by Crippen LogP contribution is -2.60. The van der Waals surface area contributed by atoms with E-state index in [9.17, 15) is 28.0 Å². The maximum absolute atomic E-state index is 13.9. The Hall–Kier alpha value is -4.55. The molecule has 11 nitrogen and oxygen atoms in total. The zero-order chi connectivity index (χ0) is 30.7. The molecule has 0 saturated carbocycles. The van der Waals surface area contributed by atoms with Crippen molar-refractivity contribution in [3.8, 4) is 5.75 Å². The van der Waals surface area contributed by atoms with E-state index >= 15 is 0 Å². The van der Waals surface area contributed by atoms with Gasteiger partial charge in [0.1, 0.15) is 17.2 Å². The number of halogens is 2. The van der Waals surface area contributed by atoms with Crippen LogP contribution < -0.4 is 15.8 Å². The summed E-state index contributed by atoms with van der Waals surface area (Å²) in [6.45, 7) is 2.75. The smallest absolute Gasteiger partial charge is 0.405 e. The van der Waals surface area contributed by atoms with Crippen LogP contribution in [0.15, 0.2) is 53.6 Å². The molecule has 0 aromatic heterocycles. The Labute approximate surface area is 241 Å². The number of nitrogens with zero attached hydrogens (tertiary/aromatic N) is 3. The van der Waals surface area contributed by atoms with Gasteiger partial charge in [-0.05, 0) is 38.0 Å². The van der Waals surface area contributed by atoms with Gasteiger partial charge in [0.15, 0.2) is 17.2 Å². The predicted octanol–water partition coefficient (Wildman–Crippen LogP) is 2.38. The summed E-state index contributed by atoms with van der Waals surface area (Å²) in [5, 5.41) is 8.36. The van der Waals surface area contributed by atoms with Gasteiger partial charge in [0.25, 0.3) is 11.8 Å². The largest absolute Gasteiger partial charge is 0.493 e. The van der Waals surface area contributed by atoms with Crippen molar-refractivity contribution in [2.75, 3.05) is 26.7 Å². The molecule has 4 rings (SSSR count). The van der Waals surface area contributed by atoms with Crippen LogP contribution in [0.1, 0.15) is 32.3 Å². The molecule has 2 heterocycles. The van der Waals surface area contributed by atoms with Crippen LogP contribution in [-0.2, 0) is 25.5 Å². The lowest BCUT2D eigenvalue weighted by Gasteiger charge is -2.41. The van der Waals surface area contributed by atoms with Crippen LogP contribution in [0.2, 0.25) is 0 Å². The Balaban J connectivity index is 1.56. The first-order valence-corrected chi connectivity index (χ1v) is 13.4. The molecule has 2 aliphatic rings. The number of rotatable bonds is 10. The number of amides is 4. The van der Waals surface area contributed by atoms with E-state index in [1.807, 2.05) is 30.3 Å². The van der Waals surface area contributed by atoms with Crippen LogP contribution in [0.25, 0.3) is 0 Å². The van der Waals surface area contributed by atoms with Crippen LogP contribution in [0.5, 0.6) is 5.75 Å². The van der Waals surface area contributed by atoms with E-state index in [-0.39, 0.29) is 37.8 Å². The zero-order valence-corrected chi connectivity index (χ0v) is 23.6. The van der Waals surface area contributed by atoms with Crippen molar-refractivity contribution in [3.63, 3.8) is 0 Å². The number of hydrogen-bond acceptors (Lipinski definition) is 7. The summed E-state index contributed by atoms with van der Waals surface area (Å²) in [5.41, 5.74) is 3.91. The highest BCUT2D eigenvalue weighted by molar-refractivity contribution is 6.13. The third-order valence-corrected chi connectivity index (χ3v) is 7.34. The number of primary amides is 1. The molecular formula is C29H33F2N5O6. The Morgan fingerprint density at radius 1 is 1.14 bits per heavy atom. The number of carbonyl (C=O) groups excluding carboxylic acids is 4. The number of hydrogen-bond donors (Lipinski definition) is 2. The van der Waals surface area contributed by atoms with E-state index in [0.717, 1.165) is 17.7 Å². The number of hydrazone groups is 1. The van der Waals surface area contributed by atoms with Crippen molar-refractivity contribution < 1.29 is 37.4 Å². The average molecular weight is 586 g/mol. The van der Waals surface area contributed by atoms with Crippen LogP contribution in [0, 0.1) is 17.0 Å². The lowest BCUT2D eigenvalue weighted by atomic mass is 9.73. The molecule has 42 heavy (non-hydrogen) atoms. The molecule has 2 atom stereocenters. The first kappa shape index (κ1) is 30.4. The third kappa shape index (κ3) is 6.50. The summed E-state index contributed by atoms with van der Waals surface area (Å²) in [6.07, 6.45) is -0.575. The lowest BCUT2D eigenvalue weighted by molar-refractivity contribution is -0.145. The topological polar surface area (TPSA) is 144 Å². The van der Waals surface area contributed by atoms with E-state index in [1.54, 1.807) is 7.05 Å². The van der Waals surface area contributed by atoms with Gasteiger partial charge in [-0.3, -0.25) is 14.4 Å². The van der Waals surface area contributed by atoms with Crippen LogP contribution in [0.4, 0.5) is 13.6 Å². The number of likely N-dealkylation sites (tertiary alicyclic amines) is 1. The quantitative estimate of drug-likeness (QED) is 0.438. The van der Waals surface area contributed by atoms with Gasteiger partial charge < -0.3 is 25.4 Å². The molecule has 0 bridgehead atoms. The first-order valence-electron chi connectivity index (χ1n) is 13.4. The minimum absolute atomic E-state index is 0.0281. The summed E-state index contributed by atoms with van der Waals surface area (Å²) in [6, 6.07) is 11.2. The third-order valence-electron chi connectivity index (χ3n) is 7.34. The van der Waals surface area contributed by atoms with Gasteiger partial charge in [-0.15, -0.1) is 0 Å². The molecule has 2 aromatic rings. The number of benzene rings is 2.